The van der Waals surface area contributed by atoms with Crippen LogP contribution < -0.4 is 9.47 Å². The topological polar surface area (TPSA) is 72.9 Å². The normalized spacial score (nSPS) is 12.0. The minimum Gasteiger partial charge on any atom is -0.454 e. The van der Waals surface area contributed by atoms with Crippen molar-refractivity contribution in [2.45, 2.75) is 6.92 Å². The molecular formula is C15H13ClN4O2. The average molecular weight is 317 g/mol. The lowest BCUT2D eigenvalue weighted by Gasteiger charge is -2.05. The van der Waals surface area contributed by atoms with Gasteiger partial charge in [-0.2, -0.15) is 15.4 Å². The molecule has 22 heavy (non-hydrogen) atoms. The molecule has 0 unspecified atom stereocenters. The lowest BCUT2D eigenvalue weighted by molar-refractivity contribution is 0.173. The molecule has 2 aromatic heterocycles. The fourth-order valence-corrected chi connectivity index (χ4v) is 2.46. The van der Waals surface area contributed by atoms with Gasteiger partial charge in [0, 0.05) is 23.5 Å². The van der Waals surface area contributed by atoms with Gasteiger partial charge in [-0.3, -0.25) is 4.98 Å². The Morgan fingerprint density at radius 1 is 1.09 bits per heavy atom. The summed E-state index contributed by atoms with van der Waals surface area (Å²) >= 11 is 0. The van der Waals surface area contributed by atoms with Crippen LogP contribution in [0.25, 0.3) is 22.5 Å². The largest absolute Gasteiger partial charge is 0.454 e. The number of aromatic amines is 1. The molecule has 4 rings (SSSR count). The Hall–Kier alpha value is -2.60. The van der Waals surface area contributed by atoms with E-state index in [1.165, 1.54) is 0 Å². The van der Waals surface area contributed by atoms with Crippen molar-refractivity contribution in [1.82, 2.24) is 20.4 Å². The molecule has 0 saturated carbocycles. The molecule has 0 amide bonds. The van der Waals surface area contributed by atoms with Crippen LogP contribution in [0.15, 0.2) is 36.7 Å². The van der Waals surface area contributed by atoms with E-state index in [0.717, 1.165) is 39.6 Å². The van der Waals surface area contributed by atoms with E-state index in [2.05, 4.69) is 20.4 Å². The lowest BCUT2D eigenvalue weighted by Crippen LogP contribution is -1.93. The maximum atomic E-state index is 5.47. The molecule has 3 aromatic rings. The van der Waals surface area contributed by atoms with Crippen molar-refractivity contribution in [3.05, 3.63) is 42.2 Å². The summed E-state index contributed by atoms with van der Waals surface area (Å²) in [7, 11) is 0. The van der Waals surface area contributed by atoms with E-state index < -0.39 is 0 Å². The van der Waals surface area contributed by atoms with Crippen molar-refractivity contribution >= 4 is 12.4 Å². The van der Waals surface area contributed by atoms with Crippen LogP contribution in [0.2, 0.25) is 0 Å². The molecule has 0 radical (unpaired) electrons. The smallest absolute Gasteiger partial charge is 0.231 e. The van der Waals surface area contributed by atoms with Gasteiger partial charge < -0.3 is 9.47 Å². The quantitative estimate of drug-likeness (QED) is 0.786. The Balaban J connectivity index is 0.00000144. The number of fused-ring (bicyclic) bond motifs is 1. The predicted octanol–water partition coefficient (Wildman–Crippen LogP) is 2.99. The van der Waals surface area contributed by atoms with Gasteiger partial charge in [-0.25, -0.2) is 0 Å². The highest BCUT2D eigenvalue weighted by molar-refractivity contribution is 5.85. The first-order valence-electron chi connectivity index (χ1n) is 6.55. The molecule has 1 N–H and O–H groups in total. The third-order valence-corrected chi connectivity index (χ3v) is 3.41. The number of pyridine rings is 1. The summed E-state index contributed by atoms with van der Waals surface area (Å²) in [6, 6.07) is 7.77. The summed E-state index contributed by atoms with van der Waals surface area (Å²) in [6.07, 6.45) is 3.50. The number of benzene rings is 1. The molecule has 1 aliphatic rings. The molecule has 0 spiro atoms. The molecule has 0 aliphatic carbocycles. The molecule has 0 bridgehead atoms. The van der Waals surface area contributed by atoms with E-state index >= 15 is 0 Å². The number of hydrogen-bond acceptors (Lipinski definition) is 5. The Labute approximate surface area is 132 Å². The number of nitrogens with zero attached hydrogens (tertiary/aromatic N) is 3. The van der Waals surface area contributed by atoms with E-state index in [0.29, 0.717) is 0 Å². The van der Waals surface area contributed by atoms with Gasteiger partial charge in [0.1, 0.15) is 11.4 Å². The van der Waals surface area contributed by atoms with Crippen molar-refractivity contribution in [3.63, 3.8) is 0 Å². The Morgan fingerprint density at radius 2 is 1.91 bits per heavy atom. The van der Waals surface area contributed by atoms with E-state index in [1.54, 1.807) is 12.4 Å². The van der Waals surface area contributed by atoms with Gasteiger partial charge in [-0.05, 0) is 36.8 Å². The third kappa shape index (κ3) is 2.27. The second-order valence-electron chi connectivity index (χ2n) is 4.79. The van der Waals surface area contributed by atoms with Gasteiger partial charge in [-0.15, -0.1) is 12.4 Å². The lowest BCUT2D eigenvalue weighted by atomic mass is 10.0. The van der Waals surface area contributed by atoms with Crippen molar-refractivity contribution < 1.29 is 9.47 Å². The minimum atomic E-state index is 0. The summed E-state index contributed by atoms with van der Waals surface area (Å²) in [4.78, 5) is 4.12. The van der Waals surface area contributed by atoms with Gasteiger partial charge >= 0.3 is 0 Å². The van der Waals surface area contributed by atoms with E-state index in [1.807, 2.05) is 31.2 Å². The number of aromatic nitrogens is 4. The molecule has 6 nitrogen and oxygen atoms in total. The first-order chi connectivity index (χ1) is 10.3. The number of hydrogen-bond donors (Lipinski definition) is 1. The van der Waals surface area contributed by atoms with Crippen molar-refractivity contribution in [2.75, 3.05) is 6.79 Å². The first-order valence-corrected chi connectivity index (χ1v) is 6.55. The Morgan fingerprint density at radius 3 is 2.68 bits per heavy atom. The molecule has 1 aromatic carbocycles. The van der Waals surface area contributed by atoms with Crippen LogP contribution in [0.1, 0.15) is 5.56 Å². The zero-order chi connectivity index (χ0) is 14.2. The number of rotatable bonds is 2. The molecule has 112 valence electrons. The second kappa shape index (κ2) is 5.65. The van der Waals surface area contributed by atoms with E-state index in [-0.39, 0.29) is 19.2 Å². The van der Waals surface area contributed by atoms with Gasteiger partial charge in [0.25, 0.3) is 0 Å². The third-order valence-electron chi connectivity index (χ3n) is 3.41. The number of nitrogens with one attached hydrogen (secondary N) is 1. The number of ether oxygens (including phenoxy) is 2. The summed E-state index contributed by atoms with van der Waals surface area (Å²) in [6.45, 7) is 2.24. The van der Waals surface area contributed by atoms with Gasteiger partial charge in [0.15, 0.2) is 11.5 Å². The fourth-order valence-electron chi connectivity index (χ4n) is 2.46. The molecular weight excluding hydrogens is 304 g/mol. The minimum absolute atomic E-state index is 0. The van der Waals surface area contributed by atoms with Crippen LogP contribution in [0.3, 0.4) is 0 Å². The molecule has 0 saturated heterocycles. The highest BCUT2D eigenvalue weighted by atomic mass is 35.5. The van der Waals surface area contributed by atoms with Crippen LogP contribution in [-0.4, -0.2) is 27.2 Å². The van der Waals surface area contributed by atoms with E-state index in [4.69, 9.17) is 9.47 Å². The first kappa shape index (κ1) is 14.3. The fraction of sp³-hybridized carbons (Fsp3) is 0.133. The SMILES string of the molecule is Cc1cc(-c2n[nH]nc2-c2cccnc2)cc2c1OCO2.Cl. The monoisotopic (exact) mass is 316 g/mol. The molecule has 3 heterocycles. The van der Waals surface area contributed by atoms with Crippen LogP contribution >= 0.6 is 12.4 Å². The highest BCUT2D eigenvalue weighted by Gasteiger charge is 2.20. The van der Waals surface area contributed by atoms with Gasteiger partial charge in [0.05, 0.1) is 0 Å². The maximum absolute atomic E-state index is 5.47. The van der Waals surface area contributed by atoms with Gasteiger partial charge in [-0.1, -0.05) is 0 Å². The Kier molecular flexibility index (Phi) is 3.68. The van der Waals surface area contributed by atoms with Crippen LogP contribution in [0.5, 0.6) is 11.5 Å². The zero-order valence-electron chi connectivity index (χ0n) is 11.7. The van der Waals surface area contributed by atoms with Crippen molar-refractivity contribution in [3.8, 4) is 34.0 Å². The highest BCUT2D eigenvalue weighted by Crippen LogP contribution is 2.40. The number of halogens is 1. The van der Waals surface area contributed by atoms with Gasteiger partial charge in [0.2, 0.25) is 6.79 Å². The Bertz CT molecular complexity index is 805. The van der Waals surface area contributed by atoms with Crippen LogP contribution in [-0.2, 0) is 0 Å². The maximum Gasteiger partial charge on any atom is 0.231 e. The molecule has 1 aliphatic heterocycles. The summed E-state index contributed by atoms with van der Waals surface area (Å²) in [5, 5.41) is 11.2. The van der Waals surface area contributed by atoms with Crippen molar-refractivity contribution in [2.24, 2.45) is 0 Å². The van der Waals surface area contributed by atoms with Crippen molar-refractivity contribution in [1.29, 1.82) is 0 Å². The van der Waals surface area contributed by atoms with Crippen LogP contribution in [0.4, 0.5) is 0 Å². The zero-order valence-corrected chi connectivity index (χ0v) is 12.6. The summed E-state index contributed by atoms with van der Waals surface area (Å²) in [5.41, 5.74) is 4.40. The van der Waals surface area contributed by atoms with Crippen LogP contribution in [0, 0.1) is 6.92 Å². The average Bonchev–Trinajstić information content (AvgIpc) is 3.17. The second-order valence-corrected chi connectivity index (χ2v) is 4.79. The summed E-state index contributed by atoms with van der Waals surface area (Å²) in [5.74, 6) is 1.54. The molecule has 0 atom stereocenters. The number of H-pyrrole nitrogens is 1. The molecule has 7 heteroatoms. The number of aryl methyl sites for hydroxylation is 1. The predicted molar refractivity (Wildman–Crippen MR) is 83.2 cm³/mol. The summed E-state index contributed by atoms with van der Waals surface area (Å²) < 4.78 is 10.9. The van der Waals surface area contributed by atoms with E-state index in [9.17, 15) is 0 Å². The standard InChI is InChI=1S/C15H12N4O2.ClH/c1-9-5-11(6-12-15(9)21-8-20-12)14-13(17-19-18-14)10-3-2-4-16-7-10;/h2-7H,8H2,1H3,(H,17,18,19);1H. The molecule has 0 fully saturated rings.